The number of ether oxygens (including phenoxy) is 1. The Morgan fingerprint density at radius 2 is 1.62 bits per heavy atom. The smallest absolute Gasteiger partial charge is 0.321 e. The van der Waals surface area contributed by atoms with Crippen molar-refractivity contribution in [1.29, 1.82) is 0 Å². The maximum atomic E-state index is 12.4. The number of hydrogen-bond donors (Lipinski definition) is 1. The van der Waals surface area contributed by atoms with Crippen LogP contribution in [-0.4, -0.2) is 65.5 Å². The molecule has 0 unspecified atom stereocenters. The fraction of sp³-hybridized carbons (Fsp3) is 0.304. The largest absolute Gasteiger partial charge is 0.456 e. The Hall–Kier alpha value is -3.46. The van der Waals surface area contributed by atoms with Crippen molar-refractivity contribution in [2.75, 3.05) is 38.1 Å². The Balaban J connectivity index is 1.16. The Kier molecular flexibility index (Phi) is 6.96. The summed E-state index contributed by atoms with van der Waals surface area (Å²) in [6.07, 6.45) is 0.669. The van der Waals surface area contributed by atoms with Gasteiger partial charge in [0.25, 0.3) is 5.91 Å². The van der Waals surface area contributed by atoms with Gasteiger partial charge in [0.1, 0.15) is 0 Å². The van der Waals surface area contributed by atoms with Gasteiger partial charge < -0.3 is 19.9 Å². The highest BCUT2D eigenvalue weighted by Crippen LogP contribution is 2.22. The molecule has 8 nitrogen and oxygen atoms in total. The molecule has 2 aromatic carbocycles. The zero-order valence-electron chi connectivity index (χ0n) is 17.5. The van der Waals surface area contributed by atoms with Crippen LogP contribution in [0.25, 0.3) is 10.2 Å². The van der Waals surface area contributed by atoms with Crippen molar-refractivity contribution >= 4 is 45.1 Å². The Morgan fingerprint density at radius 1 is 0.938 bits per heavy atom. The molecule has 32 heavy (non-hydrogen) atoms. The summed E-state index contributed by atoms with van der Waals surface area (Å²) in [5, 5.41) is 3.72. The van der Waals surface area contributed by atoms with E-state index >= 15 is 0 Å². The Morgan fingerprint density at radius 3 is 2.38 bits per heavy atom. The predicted octanol–water partition coefficient (Wildman–Crippen LogP) is 3.15. The number of fused-ring (bicyclic) bond motifs is 1. The molecule has 3 aromatic rings. The molecule has 1 aliphatic heterocycles. The number of nitrogens with zero attached hydrogens (tertiary/aromatic N) is 3. The molecule has 3 amide bonds. The average molecular weight is 453 g/mol. The van der Waals surface area contributed by atoms with Gasteiger partial charge in [0.05, 0.1) is 21.6 Å². The maximum absolute atomic E-state index is 12.4. The molecular formula is C23H24N4O4S. The van der Waals surface area contributed by atoms with Crippen molar-refractivity contribution in [2.45, 2.75) is 12.8 Å². The molecule has 9 heteroatoms. The first-order valence-corrected chi connectivity index (χ1v) is 11.3. The summed E-state index contributed by atoms with van der Waals surface area (Å²) in [7, 11) is 0. The van der Waals surface area contributed by atoms with Crippen LogP contribution in [0.2, 0.25) is 0 Å². The van der Waals surface area contributed by atoms with Crippen molar-refractivity contribution in [1.82, 2.24) is 14.8 Å². The van der Waals surface area contributed by atoms with Gasteiger partial charge in [-0.25, -0.2) is 9.78 Å². The third-order valence-electron chi connectivity index (χ3n) is 5.18. The van der Waals surface area contributed by atoms with Crippen LogP contribution in [0, 0.1) is 0 Å². The van der Waals surface area contributed by atoms with Gasteiger partial charge >= 0.3 is 12.0 Å². The van der Waals surface area contributed by atoms with Gasteiger partial charge in [-0.05, 0) is 24.3 Å². The molecule has 1 N–H and O–H groups in total. The lowest BCUT2D eigenvalue weighted by molar-refractivity contribution is -0.152. The van der Waals surface area contributed by atoms with E-state index in [0.717, 1.165) is 20.9 Å². The van der Waals surface area contributed by atoms with Gasteiger partial charge in [0, 0.05) is 38.3 Å². The highest BCUT2D eigenvalue weighted by atomic mass is 32.1. The number of esters is 1. The number of benzene rings is 2. The van der Waals surface area contributed by atoms with Crippen LogP contribution in [-0.2, 0) is 20.7 Å². The number of anilines is 1. The Bertz CT molecular complexity index is 1060. The van der Waals surface area contributed by atoms with E-state index in [9.17, 15) is 14.4 Å². The zero-order valence-corrected chi connectivity index (χ0v) is 18.3. The second-order valence-electron chi connectivity index (χ2n) is 7.40. The normalized spacial score (nSPS) is 13.8. The molecule has 0 atom stereocenters. The van der Waals surface area contributed by atoms with Crippen LogP contribution in [0.4, 0.5) is 10.5 Å². The number of para-hydroxylation sites is 2. The number of carbonyl (C=O) groups excluding carboxylic acids is 3. The molecule has 0 radical (unpaired) electrons. The summed E-state index contributed by atoms with van der Waals surface area (Å²) in [6.45, 7) is 1.38. The topological polar surface area (TPSA) is 91.8 Å². The van der Waals surface area contributed by atoms with Gasteiger partial charge in [-0.15, -0.1) is 11.3 Å². The minimum Gasteiger partial charge on any atom is -0.456 e. The number of piperazine rings is 1. The number of nitrogens with one attached hydrogen (secondary N) is 1. The SMILES string of the molecule is O=C(CCc1nc2ccccc2s1)OCC(=O)N1CCN(C(=O)Nc2ccccc2)CC1. The van der Waals surface area contributed by atoms with Crippen LogP contribution >= 0.6 is 11.3 Å². The highest BCUT2D eigenvalue weighted by molar-refractivity contribution is 7.18. The summed E-state index contributed by atoms with van der Waals surface area (Å²) in [4.78, 5) is 44.6. The maximum Gasteiger partial charge on any atom is 0.321 e. The lowest BCUT2D eigenvalue weighted by Crippen LogP contribution is -2.52. The predicted molar refractivity (Wildman–Crippen MR) is 123 cm³/mol. The minimum atomic E-state index is -0.418. The summed E-state index contributed by atoms with van der Waals surface area (Å²) in [5.74, 6) is -0.667. The standard InChI is InChI=1S/C23H24N4O4S/c28-21(16-31-22(29)11-10-20-25-18-8-4-5-9-19(18)32-20)26-12-14-27(15-13-26)23(30)24-17-6-2-1-3-7-17/h1-9H,10-16H2,(H,24,30). The molecule has 1 aliphatic rings. The quantitative estimate of drug-likeness (QED) is 0.580. The fourth-order valence-electron chi connectivity index (χ4n) is 3.42. The lowest BCUT2D eigenvalue weighted by atomic mass is 10.3. The number of aromatic nitrogens is 1. The summed E-state index contributed by atoms with van der Waals surface area (Å²) < 4.78 is 6.25. The number of thiazole rings is 1. The first-order valence-electron chi connectivity index (χ1n) is 10.5. The highest BCUT2D eigenvalue weighted by Gasteiger charge is 2.24. The van der Waals surface area contributed by atoms with E-state index in [2.05, 4.69) is 10.3 Å². The number of aryl methyl sites for hydroxylation is 1. The molecular weight excluding hydrogens is 428 g/mol. The van der Waals surface area contributed by atoms with Gasteiger partial charge in [0.2, 0.25) is 0 Å². The number of hydrogen-bond acceptors (Lipinski definition) is 6. The molecule has 0 saturated carbocycles. The van der Waals surface area contributed by atoms with E-state index in [4.69, 9.17) is 4.74 Å². The first kappa shape index (κ1) is 21.8. The van der Waals surface area contributed by atoms with Crippen LogP contribution in [0.1, 0.15) is 11.4 Å². The van der Waals surface area contributed by atoms with Crippen molar-refractivity contribution in [3.63, 3.8) is 0 Å². The molecule has 1 aromatic heterocycles. The third kappa shape index (κ3) is 5.61. The van der Waals surface area contributed by atoms with Crippen molar-refractivity contribution in [3.8, 4) is 0 Å². The van der Waals surface area contributed by atoms with Crippen molar-refractivity contribution in [3.05, 3.63) is 59.6 Å². The second kappa shape index (κ2) is 10.2. The van der Waals surface area contributed by atoms with E-state index < -0.39 is 5.97 Å². The van der Waals surface area contributed by atoms with Crippen LogP contribution in [0.3, 0.4) is 0 Å². The Labute approximate surface area is 189 Å². The average Bonchev–Trinajstić information content (AvgIpc) is 3.25. The minimum absolute atomic E-state index is 0.181. The van der Waals surface area contributed by atoms with Crippen LogP contribution in [0.5, 0.6) is 0 Å². The number of rotatable bonds is 6. The van der Waals surface area contributed by atoms with E-state index in [0.29, 0.717) is 32.6 Å². The number of carbonyl (C=O) groups is 3. The zero-order chi connectivity index (χ0) is 22.3. The summed E-state index contributed by atoms with van der Waals surface area (Å²) in [6, 6.07) is 16.9. The van der Waals surface area contributed by atoms with Crippen molar-refractivity contribution < 1.29 is 19.1 Å². The molecule has 4 rings (SSSR count). The molecule has 0 bridgehead atoms. The van der Waals surface area contributed by atoms with Gasteiger partial charge in [0.15, 0.2) is 6.61 Å². The van der Waals surface area contributed by atoms with E-state index in [1.807, 2.05) is 54.6 Å². The van der Waals surface area contributed by atoms with Crippen LogP contribution < -0.4 is 5.32 Å². The fourth-order valence-corrected chi connectivity index (χ4v) is 4.39. The van der Waals surface area contributed by atoms with Gasteiger partial charge in [-0.2, -0.15) is 0 Å². The van der Waals surface area contributed by atoms with Crippen molar-refractivity contribution in [2.24, 2.45) is 0 Å². The van der Waals surface area contributed by atoms with Gasteiger partial charge in [-0.1, -0.05) is 30.3 Å². The van der Waals surface area contributed by atoms with Crippen LogP contribution in [0.15, 0.2) is 54.6 Å². The summed E-state index contributed by atoms with van der Waals surface area (Å²) >= 11 is 1.56. The number of urea groups is 1. The summed E-state index contributed by atoms with van der Waals surface area (Å²) in [5.41, 5.74) is 1.65. The number of amides is 3. The monoisotopic (exact) mass is 452 g/mol. The molecule has 0 spiro atoms. The third-order valence-corrected chi connectivity index (χ3v) is 6.28. The van der Waals surface area contributed by atoms with E-state index in [-0.39, 0.29) is 25.0 Å². The van der Waals surface area contributed by atoms with E-state index in [1.54, 1.807) is 21.1 Å². The van der Waals surface area contributed by atoms with E-state index in [1.165, 1.54) is 0 Å². The van der Waals surface area contributed by atoms with Gasteiger partial charge in [-0.3, -0.25) is 9.59 Å². The molecule has 0 aliphatic carbocycles. The molecule has 1 fully saturated rings. The first-order chi connectivity index (χ1) is 15.6. The second-order valence-corrected chi connectivity index (χ2v) is 8.52. The molecule has 166 valence electrons. The molecule has 2 heterocycles. The lowest BCUT2D eigenvalue weighted by Gasteiger charge is -2.34. The molecule has 1 saturated heterocycles.